The first-order valence-corrected chi connectivity index (χ1v) is 7.22. The molecule has 3 heterocycles. The maximum Gasteiger partial charge on any atom is 0.0456 e. The fourth-order valence-electron chi connectivity index (χ4n) is 3.14. The Morgan fingerprint density at radius 2 is 1.83 bits per heavy atom. The Morgan fingerprint density at radius 3 is 2.56 bits per heavy atom. The molecule has 0 aliphatic carbocycles. The van der Waals surface area contributed by atoms with E-state index in [1.807, 2.05) is 6.20 Å². The van der Waals surface area contributed by atoms with E-state index in [0.717, 1.165) is 0 Å². The summed E-state index contributed by atoms with van der Waals surface area (Å²) in [6.07, 6.45) is 7.19. The van der Waals surface area contributed by atoms with Gasteiger partial charge in [0.05, 0.1) is 0 Å². The van der Waals surface area contributed by atoms with E-state index in [9.17, 15) is 0 Å². The van der Waals surface area contributed by atoms with Crippen molar-refractivity contribution in [3.63, 3.8) is 0 Å². The zero-order valence-corrected chi connectivity index (χ0v) is 11.3. The molecular formula is C15H23N3. The van der Waals surface area contributed by atoms with Crippen LogP contribution >= 0.6 is 0 Å². The summed E-state index contributed by atoms with van der Waals surface area (Å²) in [6, 6.07) is 4.51. The Kier molecular flexibility index (Phi) is 3.50. The molecule has 0 bridgehead atoms. The third-order valence-electron chi connectivity index (χ3n) is 4.37. The maximum absolute atomic E-state index is 4.61. The van der Waals surface area contributed by atoms with Gasteiger partial charge in [-0.25, -0.2) is 0 Å². The van der Waals surface area contributed by atoms with Gasteiger partial charge in [-0.05, 0) is 58.0 Å². The molecule has 0 atom stereocenters. The summed E-state index contributed by atoms with van der Waals surface area (Å²) in [5, 5.41) is 0. The lowest BCUT2D eigenvalue weighted by atomic mass is 9.93. The van der Waals surface area contributed by atoms with Gasteiger partial charge in [-0.1, -0.05) is 0 Å². The van der Waals surface area contributed by atoms with Gasteiger partial charge >= 0.3 is 0 Å². The second-order valence-electron chi connectivity index (χ2n) is 5.71. The average molecular weight is 245 g/mol. The molecule has 1 aromatic rings. The SMILES string of the molecule is CN1CCC(c2cc(N3CCCC3)ccn2)CC1. The standard InChI is InChI=1S/C15H23N3/c1-17-10-5-13(6-11-17)15-12-14(4-7-16-15)18-8-2-3-9-18/h4,7,12-13H,2-3,5-6,8-11H2,1H3. The van der Waals surface area contributed by atoms with Crippen molar-refractivity contribution in [2.24, 2.45) is 0 Å². The van der Waals surface area contributed by atoms with E-state index in [1.165, 1.54) is 63.2 Å². The number of nitrogens with zero attached hydrogens (tertiary/aromatic N) is 3. The van der Waals surface area contributed by atoms with E-state index >= 15 is 0 Å². The summed E-state index contributed by atoms with van der Waals surface area (Å²) in [6.45, 7) is 4.86. The van der Waals surface area contributed by atoms with Crippen molar-refractivity contribution in [2.45, 2.75) is 31.6 Å². The largest absolute Gasteiger partial charge is 0.371 e. The van der Waals surface area contributed by atoms with Gasteiger partial charge in [-0.2, -0.15) is 0 Å². The van der Waals surface area contributed by atoms with Crippen LogP contribution in [-0.2, 0) is 0 Å². The highest BCUT2D eigenvalue weighted by Crippen LogP contribution is 2.29. The van der Waals surface area contributed by atoms with E-state index in [1.54, 1.807) is 0 Å². The van der Waals surface area contributed by atoms with Crippen LogP contribution in [0.15, 0.2) is 18.3 Å². The number of piperidine rings is 1. The lowest BCUT2D eigenvalue weighted by Crippen LogP contribution is -2.29. The molecule has 3 nitrogen and oxygen atoms in total. The minimum absolute atomic E-state index is 0.670. The topological polar surface area (TPSA) is 19.4 Å². The molecule has 1 aromatic heterocycles. The summed E-state index contributed by atoms with van der Waals surface area (Å²) in [7, 11) is 2.21. The molecule has 0 aromatic carbocycles. The van der Waals surface area contributed by atoms with Crippen LogP contribution in [0.2, 0.25) is 0 Å². The number of rotatable bonds is 2. The molecule has 0 amide bonds. The Hall–Kier alpha value is -1.09. The highest BCUT2D eigenvalue weighted by molar-refractivity contribution is 5.47. The number of likely N-dealkylation sites (tertiary alicyclic amines) is 1. The minimum atomic E-state index is 0.670. The van der Waals surface area contributed by atoms with E-state index < -0.39 is 0 Å². The molecule has 98 valence electrons. The molecule has 2 saturated heterocycles. The van der Waals surface area contributed by atoms with Crippen LogP contribution in [-0.4, -0.2) is 43.1 Å². The first kappa shape index (κ1) is 12.0. The molecule has 3 heteroatoms. The minimum Gasteiger partial charge on any atom is -0.371 e. The molecule has 0 radical (unpaired) electrons. The van der Waals surface area contributed by atoms with E-state index in [-0.39, 0.29) is 0 Å². The maximum atomic E-state index is 4.61. The van der Waals surface area contributed by atoms with Crippen LogP contribution in [0, 0.1) is 0 Å². The van der Waals surface area contributed by atoms with Crippen LogP contribution in [0.5, 0.6) is 0 Å². The number of aromatic nitrogens is 1. The van der Waals surface area contributed by atoms with Crippen LogP contribution in [0.4, 0.5) is 5.69 Å². The molecule has 2 fully saturated rings. The molecule has 0 N–H and O–H groups in total. The number of pyridine rings is 1. The highest BCUT2D eigenvalue weighted by Gasteiger charge is 2.20. The predicted molar refractivity (Wildman–Crippen MR) is 75.2 cm³/mol. The Balaban J connectivity index is 1.74. The Morgan fingerprint density at radius 1 is 1.11 bits per heavy atom. The second-order valence-corrected chi connectivity index (χ2v) is 5.71. The third kappa shape index (κ3) is 2.51. The van der Waals surface area contributed by atoms with Gasteiger partial charge in [0.1, 0.15) is 0 Å². The fraction of sp³-hybridized carbons (Fsp3) is 0.667. The van der Waals surface area contributed by atoms with Crippen molar-refractivity contribution in [3.05, 3.63) is 24.0 Å². The van der Waals surface area contributed by atoms with Gasteiger partial charge in [0.2, 0.25) is 0 Å². The average Bonchev–Trinajstić information content (AvgIpc) is 2.94. The summed E-state index contributed by atoms with van der Waals surface area (Å²) in [4.78, 5) is 9.53. The number of hydrogen-bond donors (Lipinski definition) is 0. The van der Waals surface area contributed by atoms with E-state index in [0.29, 0.717) is 5.92 Å². The van der Waals surface area contributed by atoms with Gasteiger partial charge in [0, 0.05) is 36.6 Å². The zero-order chi connectivity index (χ0) is 12.4. The van der Waals surface area contributed by atoms with Gasteiger partial charge in [-0.3, -0.25) is 4.98 Å². The molecule has 0 unspecified atom stereocenters. The first-order valence-electron chi connectivity index (χ1n) is 7.22. The quantitative estimate of drug-likeness (QED) is 0.798. The monoisotopic (exact) mass is 245 g/mol. The smallest absolute Gasteiger partial charge is 0.0456 e. The molecule has 0 saturated carbocycles. The normalized spacial score (nSPS) is 22.6. The van der Waals surface area contributed by atoms with Crippen LogP contribution < -0.4 is 4.90 Å². The fourth-order valence-corrected chi connectivity index (χ4v) is 3.14. The summed E-state index contributed by atoms with van der Waals surface area (Å²) in [5.74, 6) is 0.670. The van der Waals surface area contributed by atoms with Crippen molar-refractivity contribution in [3.8, 4) is 0 Å². The van der Waals surface area contributed by atoms with Crippen molar-refractivity contribution in [1.29, 1.82) is 0 Å². The molecule has 18 heavy (non-hydrogen) atoms. The summed E-state index contributed by atoms with van der Waals surface area (Å²) < 4.78 is 0. The first-order chi connectivity index (χ1) is 8.83. The van der Waals surface area contributed by atoms with Crippen molar-refractivity contribution in [2.75, 3.05) is 38.1 Å². The molecule has 2 aliphatic heterocycles. The van der Waals surface area contributed by atoms with Crippen molar-refractivity contribution < 1.29 is 0 Å². The van der Waals surface area contributed by atoms with Crippen LogP contribution in [0.25, 0.3) is 0 Å². The second kappa shape index (κ2) is 5.27. The lowest BCUT2D eigenvalue weighted by Gasteiger charge is -2.29. The molecule has 2 aliphatic rings. The van der Waals surface area contributed by atoms with Crippen LogP contribution in [0.1, 0.15) is 37.3 Å². The zero-order valence-electron chi connectivity index (χ0n) is 11.3. The van der Waals surface area contributed by atoms with Gasteiger partial charge in [-0.15, -0.1) is 0 Å². The summed E-state index contributed by atoms with van der Waals surface area (Å²) in [5.41, 5.74) is 2.70. The van der Waals surface area contributed by atoms with Crippen molar-refractivity contribution in [1.82, 2.24) is 9.88 Å². The third-order valence-corrected chi connectivity index (χ3v) is 4.37. The van der Waals surface area contributed by atoms with Crippen molar-refractivity contribution >= 4 is 5.69 Å². The van der Waals surface area contributed by atoms with E-state index in [2.05, 4.69) is 34.0 Å². The van der Waals surface area contributed by atoms with Crippen LogP contribution in [0.3, 0.4) is 0 Å². The Labute approximate surface area is 110 Å². The number of anilines is 1. The Bertz CT molecular complexity index is 390. The van der Waals surface area contributed by atoms with Gasteiger partial charge < -0.3 is 9.80 Å². The van der Waals surface area contributed by atoms with Gasteiger partial charge in [0.15, 0.2) is 0 Å². The highest BCUT2D eigenvalue weighted by atomic mass is 15.1. The predicted octanol–water partition coefficient (Wildman–Crippen LogP) is 2.49. The van der Waals surface area contributed by atoms with Gasteiger partial charge in [0.25, 0.3) is 0 Å². The lowest BCUT2D eigenvalue weighted by molar-refractivity contribution is 0.253. The molecule has 0 spiro atoms. The van der Waals surface area contributed by atoms with E-state index in [4.69, 9.17) is 0 Å². The summed E-state index contributed by atoms with van der Waals surface area (Å²) >= 11 is 0. The number of hydrogen-bond acceptors (Lipinski definition) is 3. The molecular weight excluding hydrogens is 222 g/mol. The molecule has 3 rings (SSSR count).